The minimum Gasteiger partial charge on any atom is -0.496 e. The van der Waals surface area contributed by atoms with Crippen LogP contribution < -0.4 is 10.5 Å². The van der Waals surface area contributed by atoms with Gasteiger partial charge in [-0.2, -0.15) is 0 Å². The third-order valence-corrected chi connectivity index (χ3v) is 2.33. The van der Waals surface area contributed by atoms with Crippen LogP contribution in [0.4, 0.5) is 6.01 Å². The van der Waals surface area contributed by atoms with E-state index in [0.717, 1.165) is 4.47 Å². The third-order valence-electron chi connectivity index (χ3n) is 1.83. The molecule has 2 rings (SSSR count). The second-order valence-electron chi connectivity index (χ2n) is 2.79. The maximum atomic E-state index is 5.35. The molecule has 0 spiro atoms. The van der Waals surface area contributed by atoms with Crippen molar-refractivity contribution in [2.45, 2.75) is 0 Å². The molecule has 0 amide bonds. The Bertz CT molecular complexity index is 484. The number of rotatable bonds is 2. The molecule has 0 aliphatic carbocycles. The van der Waals surface area contributed by atoms with Gasteiger partial charge in [-0.25, -0.2) is 0 Å². The summed E-state index contributed by atoms with van der Waals surface area (Å²) in [6.07, 6.45) is 0. The monoisotopic (exact) mass is 269 g/mol. The second-order valence-corrected chi connectivity index (χ2v) is 3.71. The third kappa shape index (κ3) is 1.94. The molecule has 1 aromatic carbocycles. The van der Waals surface area contributed by atoms with Crippen molar-refractivity contribution >= 4 is 21.9 Å². The molecule has 0 saturated carbocycles. The Balaban J connectivity index is 2.55. The lowest BCUT2D eigenvalue weighted by molar-refractivity contribution is 0.414. The molecule has 2 aromatic rings. The highest BCUT2D eigenvalue weighted by Crippen LogP contribution is 2.31. The average Bonchev–Trinajstić information content (AvgIpc) is 2.65. The van der Waals surface area contributed by atoms with Gasteiger partial charge in [0, 0.05) is 4.47 Å². The van der Waals surface area contributed by atoms with Crippen molar-refractivity contribution in [1.82, 2.24) is 10.2 Å². The number of hydrogen-bond donors (Lipinski definition) is 1. The van der Waals surface area contributed by atoms with Gasteiger partial charge in [-0.15, -0.1) is 5.10 Å². The number of aromatic nitrogens is 2. The molecule has 5 nitrogen and oxygen atoms in total. The van der Waals surface area contributed by atoms with E-state index in [1.165, 1.54) is 0 Å². The first-order valence-corrected chi connectivity index (χ1v) is 4.93. The summed E-state index contributed by atoms with van der Waals surface area (Å²) in [4.78, 5) is 0. The van der Waals surface area contributed by atoms with Crippen molar-refractivity contribution in [3.8, 4) is 17.2 Å². The van der Waals surface area contributed by atoms with Crippen LogP contribution in [-0.2, 0) is 0 Å². The van der Waals surface area contributed by atoms with Gasteiger partial charge in [0.25, 0.3) is 5.89 Å². The van der Waals surface area contributed by atoms with Crippen LogP contribution >= 0.6 is 15.9 Å². The van der Waals surface area contributed by atoms with Crippen LogP contribution in [0.1, 0.15) is 0 Å². The van der Waals surface area contributed by atoms with Crippen molar-refractivity contribution in [1.29, 1.82) is 0 Å². The van der Waals surface area contributed by atoms with E-state index in [0.29, 0.717) is 17.2 Å². The molecule has 6 heteroatoms. The maximum Gasteiger partial charge on any atom is 0.313 e. The number of halogens is 1. The number of benzene rings is 1. The van der Waals surface area contributed by atoms with Crippen LogP contribution in [0.2, 0.25) is 0 Å². The van der Waals surface area contributed by atoms with E-state index in [9.17, 15) is 0 Å². The van der Waals surface area contributed by atoms with Crippen molar-refractivity contribution in [3.63, 3.8) is 0 Å². The topological polar surface area (TPSA) is 74.2 Å². The molecule has 0 atom stereocenters. The predicted octanol–water partition coefficient (Wildman–Crippen LogP) is 2.09. The smallest absolute Gasteiger partial charge is 0.313 e. The Morgan fingerprint density at radius 1 is 1.40 bits per heavy atom. The highest BCUT2D eigenvalue weighted by Gasteiger charge is 2.12. The first-order chi connectivity index (χ1) is 7.20. The molecule has 1 aromatic heterocycles. The van der Waals surface area contributed by atoms with Crippen LogP contribution in [0.3, 0.4) is 0 Å². The molecular weight excluding hydrogens is 262 g/mol. The molecular formula is C9H8BrN3O2. The van der Waals surface area contributed by atoms with Crippen molar-refractivity contribution < 1.29 is 9.15 Å². The van der Waals surface area contributed by atoms with Gasteiger partial charge in [-0.1, -0.05) is 21.0 Å². The molecule has 15 heavy (non-hydrogen) atoms. The van der Waals surface area contributed by atoms with Crippen molar-refractivity contribution in [2.75, 3.05) is 12.8 Å². The zero-order chi connectivity index (χ0) is 10.8. The van der Waals surface area contributed by atoms with Gasteiger partial charge in [-0.05, 0) is 18.2 Å². The highest BCUT2D eigenvalue weighted by atomic mass is 79.9. The normalized spacial score (nSPS) is 10.3. The van der Waals surface area contributed by atoms with E-state index in [1.54, 1.807) is 13.2 Å². The van der Waals surface area contributed by atoms with Gasteiger partial charge >= 0.3 is 6.01 Å². The van der Waals surface area contributed by atoms with Gasteiger partial charge in [0.05, 0.1) is 12.7 Å². The minimum atomic E-state index is 0.0343. The molecule has 0 bridgehead atoms. The van der Waals surface area contributed by atoms with Gasteiger partial charge in [0.15, 0.2) is 0 Å². The number of hydrogen-bond acceptors (Lipinski definition) is 5. The Morgan fingerprint density at radius 3 is 2.80 bits per heavy atom. The summed E-state index contributed by atoms with van der Waals surface area (Å²) < 4.78 is 11.2. The maximum absolute atomic E-state index is 5.35. The van der Waals surface area contributed by atoms with E-state index >= 15 is 0 Å². The summed E-state index contributed by atoms with van der Waals surface area (Å²) in [7, 11) is 1.58. The van der Waals surface area contributed by atoms with E-state index in [1.807, 2.05) is 12.1 Å². The first kappa shape index (κ1) is 9.97. The molecule has 1 heterocycles. The van der Waals surface area contributed by atoms with Gasteiger partial charge < -0.3 is 14.9 Å². The summed E-state index contributed by atoms with van der Waals surface area (Å²) in [6, 6.07) is 5.53. The Kier molecular flexibility index (Phi) is 2.59. The molecule has 0 aliphatic heterocycles. The van der Waals surface area contributed by atoms with Crippen LogP contribution in [0.25, 0.3) is 11.5 Å². The summed E-state index contributed by atoms with van der Waals surface area (Å²) in [5.41, 5.74) is 6.06. The van der Waals surface area contributed by atoms with Gasteiger partial charge in [0.1, 0.15) is 5.75 Å². The highest BCUT2D eigenvalue weighted by molar-refractivity contribution is 9.10. The Hall–Kier alpha value is -1.56. The lowest BCUT2D eigenvalue weighted by Gasteiger charge is -2.04. The predicted molar refractivity (Wildman–Crippen MR) is 58.4 cm³/mol. The number of nitrogens with zero attached hydrogens (tertiary/aromatic N) is 2. The van der Waals surface area contributed by atoms with Crippen LogP contribution in [0.5, 0.6) is 5.75 Å². The van der Waals surface area contributed by atoms with Crippen LogP contribution in [0, 0.1) is 0 Å². The lowest BCUT2D eigenvalue weighted by atomic mass is 10.2. The quantitative estimate of drug-likeness (QED) is 0.904. The van der Waals surface area contributed by atoms with E-state index in [-0.39, 0.29) is 6.01 Å². The van der Waals surface area contributed by atoms with Gasteiger partial charge in [0.2, 0.25) is 0 Å². The molecule has 0 saturated heterocycles. The molecule has 78 valence electrons. The Morgan fingerprint density at radius 2 is 2.20 bits per heavy atom. The lowest BCUT2D eigenvalue weighted by Crippen LogP contribution is -1.88. The van der Waals surface area contributed by atoms with Crippen molar-refractivity contribution in [3.05, 3.63) is 22.7 Å². The van der Waals surface area contributed by atoms with Crippen LogP contribution in [0.15, 0.2) is 27.1 Å². The fourth-order valence-electron chi connectivity index (χ4n) is 1.19. The minimum absolute atomic E-state index is 0.0343. The van der Waals surface area contributed by atoms with Gasteiger partial charge in [-0.3, -0.25) is 0 Å². The van der Waals surface area contributed by atoms with E-state index < -0.39 is 0 Å². The zero-order valence-corrected chi connectivity index (χ0v) is 9.48. The average molecular weight is 270 g/mol. The summed E-state index contributed by atoms with van der Waals surface area (Å²) in [6.45, 7) is 0. The van der Waals surface area contributed by atoms with E-state index in [4.69, 9.17) is 14.9 Å². The molecule has 0 unspecified atom stereocenters. The SMILES string of the molecule is COc1ccc(Br)cc1-c1nnc(N)o1. The molecule has 2 N–H and O–H groups in total. The standard InChI is InChI=1S/C9H8BrN3O2/c1-14-7-3-2-5(10)4-6(7)8-12-13-9(11)15-8/h2-4H,1H3,(H2,11,13). The number of methoxy groups -OCH3 is 1. The second kappa shape index (κ2) is 3.90. The van der Waals surface area contributed by atoms with E-state index in [2.05, 4.69) is 26.1 Å². The Labute approximate surface area is 94.4 Å². The molecule has 0 aliphatic rings. The number of nitrogens with two attached hydrogens (primary N) is 1. The summed E-state index contributed by atoms with van der Waals surface area (Å²) in [5.74, 6) is 0.993. The number of anilines is 1. The number of nitrogen functional groups attached to an aromatic ring is 1. The fourth-order valence-corrected chi connectivity index (χ4v) is 1.55. The first-order valence-electron chi connectivity index (χ1n) is 4.13. The number of ether oxygens (including phenoxy) is 1. The zero-order valence-electron chi connectivity index (χ0n) is 7.90. The molecule has 0 radical (unpaired) electrons. The summed E-state index contributed by atoms with van der Waals surface area (Å²) >= 11 is 3.35. The fraction of sp³-hybridized carbons (Fsp3) is 0.111. The largest absolute Gasteiger partial charge is 0.496 e. The molecule has 0 fully saturated rings. The summed E-state index contributed by atoms with van der Waals surface area (Å²) in [5, 5.41) is 7.38. The van der Waals surface area contributed by atoms with Crippen LogP contribution in [-0.4, -0.2) is 17.3 Å². The van der Waals surface area contributed by atoms with Crippen molar-refractivity contribution in [2.24, 2.45) is 0 Å².